The second kappa shape index (κ2) is 6.91. The summed E-state index contributed by atoms with van der Waals surface area (Å²) in [5.74, 6) is 0. The third kappa shape index (κ3) is 5.92. The smallest absolute Gasteiger partial charge is 0.407 e. The average molecular weight is 329 g/mol. The Kier molecular flexibility index (Phi) is 6.12. The lowest BCUT2D eigenvalue weighted by Gasteiger charge is -2.43. The van der Waals surface area contributed by atoms with E-state index in [1.165, 1.54) is 0 Å². The van der Waals surface area contributed by atoms with E-state index < -0.39 is 13.9 Å². The number of nitrogens with one attached hydrogen (secondary N) is 1. The van der Waals surface area contributed by atoms with Gasteiger partial charge in [0.15, 0.2) is 8.32 Å². The van der Waals surface area contributed by atoms with Gasteiger partial charge < -0.3 is 14.5 Å². The third-order valence-electron chi connectivity index (χ3n) is 4.45. The zero-order valence-electron chi connectivity index (χ0n) is 15.6. The van der Waals surface area contributed by atoms with Crippen molar-refractivity contribution in [3.8, 4) is 0 Å². The van der Waals surface area contributed by atoms with Crippen LogP contribution in [0.3, 0.4) is 0 Å². The first kappa shape index (κ1) is 19.5. The van der Waals surface area contributed by atoms with Crippen LogP contribution in [0.25, 0.3) is 0 Å². The van der Waals surface area contributed by atoms with Crippen LogP contribution in [0.5, 0.6) is 0 Å². The normalized spacial score (nSPS) is 24.0. The van der Waals surface area contributed by atoms with Crippen molar-refractivity contribution in [2.45, 2.75) is 96.7 Å². The van der Waals surface area contributed by atoms with Gasteiger partial charge in [-0.2, -0.15) is 0 Å². The predicted molar refractivity (Wildman–Crippen MR) is 93.4 cm³/mol. The topological polar surface area (TPSA) is 47.6 Å². The van der Waals surface area contributed by atoms with Gasteiger partial charge >= 0.3 is 6.09 Å². The highest BCUT2D eigenvalue weighted by Crippen LogP contribution is 2.39. The lowest BCUT2D eigenvalue weighted by atomic mass is 9.93. The Labute approximate surface area is 137 Å². The molecular weight excluding hydrogens is 294 g/mol. The number of carbonyl (C=O) groups is 1. The molecule has 0 bridgehead atoms. The minimum atomic E-state index is -1.84. The van der Waals surface area contributed by atoms with Gasteiger partial charge in [-0.15, -0.1) is 0 Å². The Morgan fingerprint density at radius 3 is 2.27 bits per heavy atom. The lowest BCUT2D eigenvalue weighted by Crippen LogP contribution is -2.53. The van der Waals surface area contributed by atoms with E-state index >= 15 is 0 Å². The van der Waals surface area contributed by atoms with Crippen LogP contribution in [-0.2, 0) is 9.16 Å². The molecule has 1 aliphatic rings. The van der Waals surface area contributed by atoms with Crippen LogP contribution in [0.4, 0.5) is 4.79 Å². The predicted octanol–water partition coefficient (Wildman–Crippen LogP) is 4.66. The maximum Gasteiger partial charge on any atom is 0.407 e. The molecule has 0 aromatic heterocycles. The van der Waals surface area contributed by atoms with Crippen LogP contribution >= 0.6 is 0 Å². The number of rotatable bonds is 3. The zero-order chi connectivity index (χ0) is 17.2. The van der Waals surface area contributed by atoms with Crippen molar-refractivity contribution >= 4 is 14.4 Å². The van der Waals surface area contributed by atoms with Gasteiger partial charge in [-0.25, -0.2) is 4.79 Å². The van der Waals surface area contributed by atoms with E-state index in [0.29, 0.717) is 0 Å². The van der Waals surface area contributed by atoms with E-state index in [9.17, 15) is 4.79 Å². The molecule has 1 aliphatic carbocycles. The summed E-state index contributed by atoms with van der Waals surface area (Å²) >= 11 is 0. The summed E-state index contributed by atoms with van der Waals surface area (Å²) in [7, 11) is -1.84. The maximum absolute atomic E-state index is 12.0. The van der Waals surface area contributed by atoms with Gasteiger partial charge in [0.05, 0.1) is 12.1 Å². The van der Waals surface area contributed by atoms with Gasteiger partial charge in [-0.05, 0) is 58.2 Å². The molecule has 1 fully saturated rings. The Bertz CT molecular complexity index is 382. The molecule has 1 amide bonds. The Morgan fingerprint density at radius 2 is 1.77 bits per heavy atom. The molecule has 129 valence electrons. The standard InChI is InChI=1S/C17H34NO3Si/c1-16(2,3)20-15(19)18-13-11-9-10-12-14(13)21-22(7,8)17(4,5)6/h11,13-14H,9-10,12H2,1-8H3,(H,18,19). The van der Waals surface area contributed by atoms with Crippen LogP contribution in [0.15, 0.2) is 0 Å². The van der Waals surface area contributed by atoms with Gasteiger partial charge in [-0.3, -0.25) is 0 Å². The first-order valence-corrected chi connectivity index (χ1v) is 11.2. The van der Waals surface area contributed by atoms with Crippen LogP contribution in [0, 0.1) is 6.42 Å². The van der Waals surface area contributed by atoms with Crippen molar-refractivity contribution < 1.29 is 14.0 Å². The summed E-state index contributed by atoms with van der Waals surface area (Å²) in [6.07, 6.45) is 4.97. The van der Waals surface area contributed by atoms with Crippen LogP contribution in [0.2, 0.25) is 18.1 Å². The van der Waals surface area contributed by atoms with Crippen molar-refractivity contribution in [2.75, 3.05) is 0 Å². The molecule has 0 saturated heterocycles. The van der Waals surface area contributed by atoms with E-state index in [1.807, 2.05) is 20.8 Å². The second-order valence-electron chi connectivity index (χ2n) is 8.76. The number of hydrogen-bond acceptors (Lipinski definition) is 3. The summed E-state index contributed by atoms with van der Waals surface area (Å²) in [4.78, 5) is 12.0. The summed E-state index contributed by atoms with van der Waals surface area (Å²) in [5, 5.41) is 3.15. The quantitative estimate of drug-likeness (QED) is 0.767. The molecule has 5 heteroatoms. The highest BCUT2D eigenvalue weighted by atomic mass is 28.4. The average Bonchev–Trinajstić information content (AvgIpc) is 2.27. The van der Waals surface area contributed by atoms with Crippen LogP contribution < -0.4 is 5.32 Å². The molecule has 1 rings (SSSR count). The molecule has 0 heterocycles. The van der Waals surface area contributed by atoms with Gasteiger partial charge in [0.2, 0.25) is 0 Å². The number of carbonyl (C=O) groups excluding carboxylic acids is 1. The van der Waals surface area contributed by atoms with Crippen molar-refractivity contribution in [3.63, 3.8) is 0 Å². The van der Waals surface area contributed by atoms with Gasteiger partial charge in [-0.1, -0.05) is 27.2 Å². The van der Waals surface area contributed by atoms with E-state index in [2.05, 4.69) is 45.6 Å². The zero-order valence-corrected chi connectivity index (χ0v) is 16.6. The molecule has 1 saturated carbocycles. The van der Waals surface area contributed by atoms with Crippen molar-refractivity contribution in [2.24, 2.45) is 0 Å². The molecule has 0 aliphatic heterocycles. The van der Waals surface area contributed by atoms with E-state index in [4.69, 9.17) is 9.16 Å². The molecular formula is C17H34NO3Si. The van der Waals surface area contributed by atoms with Gasteiger partial charge in [0.1, 0.15) is 5.60 Å². The minimum Gasteiger partial charge on any atom is -0.444 e. The van der Waals surface area contributed by atoms with Crippen molar-refractivity contribution in [1.29, 1.82) is 0 Å². The monoisotopic (exact) mass is 328 g/mol. The largest absolute Gasteiger partial charge is 0.444 e. The highest BCUT2D eigenvalue weighted by Gasteiger charge is 2.41. The number of amides is 1. The molecule has 1 N–H and O–H groups in total. The van der Waals surface area contributed by atoms with Crippen molar-refractivity contribution in [3.05, 3.63) is 6.42 Å². The maximum atomic E-state index is 12.0. The molecule has 22 heavy (non-hydrogen) atoms. The first-order chi connectivity index (χ1) is 9.82. The van der Waals surface area contributed by atoms with E-state index in [-0.39, 0.29) is 23.3 Å². The lowest BCUT2D eigenvalue weighted by molar-refractivity contribution is 0.0428. The number of hydrogen-bond donors (Lipinski definition) is 1. The Balaban J connectivity index is 2.70. The molecule has 2 atom stereocenters. The summed E-state index contributed by atoms with van der Waals surface area (Å²) in [6.45, 7) is 16.9. The number of ether oxygens (including phenoxy) is 1. The van der Waals surface area contributed by atoms with Crippen LogP contribution in [-0.4, -0.2) is 32.2 Å². The molecule has 2 unspecified atom stereocenters. The first-order valence-electron chi connectivity index (χ1n) is 8.32. The molecule has 0 aromatic carbocycles. The van der Waals surface area contributed by atoms with E-state index in [1.54, 1.807) is 0 Å². The second-order valence-corrected chi connectivity index (χ2v) is 13.5. The van der Waals surface area contributed by atoms with Crippen LogP contribution in [0.1, 0.15) is 60.8 Å². The number of alkyl carbamates (subject to hydrolysis) is 1. The molecule has 0 spiro atoms. The van der Waals surface area contributed by atoms with Gasteiger partial charge in [0.25, 0.3) is 0 Å². The third-order valence-corrected chi connectivity index (χ3v) is 8.95. The summed E-state index contributed by atoms with van der Waals surface area (Å²) < 4.78 is 11.9. The fourth-order valence-corrected chi connectivity index (χ4v) is 3.61. The fourth-order valence-electron chi connectivity index (χ4n) is 2.23. The SMILES string of the molecule is CC(C)(C)OC(=O)NC1[CH]CCCC1O[Si](C)(C)C(C)(C)C. The minimum absolute atomic E-state index is 0.0576. The Morgan fingerprint density at radius 1 is 1.18 bits per heavy atom. The molecule has 4 nitrogen and oxygen atoms in total. The van der Waals surface area contributed by atoms with Gasteiger partial charge in [0, 0.05) is 0 Å². The summed E-state index contributed by atoms with van der Waals surface area (Å²) in [5.41, 5.74) is -0.478. The fraction of sp³-hybridized carbons (Fsp3) is 0.882. The highest BCUT2D eigenvalue weighted by molar-refractivity contribution is 6.74. The molecule has 1 radical (unpaired) electrons. The summed E-state index contributed by atoms with van der Waals surface area (Å²) in [6, 6.07) is -0.0577. The van der Waals surface area contributed by atoms with Crippen molar-refractivity contribution in [1.82, 2.24) is 5.32 Å². The Hall–Kier alpha value is -0.553. The molecule has 0 aromatic rings. The van der Waals surface area contributed by atoms with E-state index in [0.717, 1.165) is 19.3 Å².